The molecule has 0 unspecified atom stereocenters. The zero-order valence-corrected chi connectivity index (χ0v) is 12.3. The smallest absolute Gasteiger partial charge is 0.419 e. The van der Waals surface area contributed by atoms with E-state index >= 15 is 0 Å². The molecule has 0 radical (unpaired) electrons. The number of ether oxygens (including phenoxy) is 1. The highest BCUT2D eigenvalue weighted by molar-refractivity contribution is 5.70. The van der Waals surface area contributed by atoms with E-state index in [1.807, 2.05) is 0 Å². The molecule has 1 aromatic heterocycles. The predicted octanol–water partition coefficient (Wildman–Crippen LogP) is 2.52. The van der Waals surface area contributed by atoms with Gasteiger partial charge in [-0.1, -0.05) is 13.8 Å². The van der Waals surface area contributed by atoms with Crippen LogP contribution in [0.1, 0.15) is 39.5 Å². The van der Waals surface area contributed by atoms with Gasteiger partial charge in [0, 0.05) is 30.9 Å². The minimum absolute atomic E-state index is 0.0175. The van der Waals surface area contributed by atoms with Crippen LogP contribution < -0.4 is 0 Å². The third-order valence-electron chi connectivity index (χ3n) is 4.54. The Labute approximate surface area is 119 Å². The number of hydrogen-bond acceptors (Lipinski definition) is 4. The molecule has 2 atom stereocenters. The Bertz CT molecular complexity index is 471. The van der Waals surface area contributed by atoms with Crippen LogP contribution in [0.5, 0.6) is 0 Å². The van der Waals surface area contributed by atoms with Crippen molar-refractivity contribution in [1.82, 2.24) is 14.5 Å². The lowest BCUT2D eigenvalue weighted by molar-refractivity contribution is 0.101. The fraction of sp³-hybridized carbons (Fsp3) is 0.733. The fourth-order valence-corrected chi connectivity index (χ4v) is 3.97. The van der Waals surface area contributed by atoms with E-state index in [-0.39, 0.29) is 17.7 Å². The van der Waals surface area contributed by atoms with E-state index in [0.29, 0.717) is 5.92 Å². The van der Waals surface area contributed by atoms with Gasteiger partial charge in [-0.2, -0.15) is 0 Å². The molecule has 0 bridgehead atoms. The first kappa shape index (κ1) is 13.6. The Hall–Kier alpha value is -1.36. The highest BCUT2D eigenvalue weighted by Gasteiger charge is 2.49. The number of hydrogen-bond donors (Lipinski definition) is 0. The molecule has 20 heavy (non-hydrogen) atoms. The van der Waals surface area contributed by atoms with E-state index in [0.717, 1.165) is 19.5 Å². The summed E-state index contributed by atoms with van der Waals surface area (Å²) in [6, 6.07) is 0. The summed E-state index contributed by atoms with van der Waals surface area (Å²) in [6.45, 7) is 6.57. The summed E-state index contributed by atoms with van der Waals surface area (Å²) in [5, 5.41) is 0. The van der Waals surface area contributed by atoms with Crippen molar-refractivity contribution in [3.05, 3.63) is 18.7 Å². The summed E-state index contributed by atoms with van der Waals surface area (Å²) in [7, 11) is 0. The van der Waals surface area contributed by atoms with Gasteiger partial charge in [0.25, 0.3) is 0 Å². The van der Waals surface area contributed by atoms with Crippen molar-refractivity contribution in [2.75, 3.05) is 13.1 Å². The van der Waals surface area contributed by atoms with Gasteiger partial charge < -0.3 is 4.74 Å². The van der Waals surface area contributed by atoms with Crippen molar-refractivity contribution >= 4 is 6.09 Å². The van der Waals surface area contributed by atoms with Gasteiger partial charge in [0.15, 0.2) is 0 Å². The van der Waals surface area contributed by atoms with E-state index in [4.69, 9.17) is 4.74 Å². The molecular formula is C15H23N3O2. The van der Waals surface area contributed by atoms with Gasteiger partial charge in [0.05, 0.1) is 0 Å². The zero-order valence-electron chi connectivity index (χ0n) is 12.3. The van der Waals surface area contributed by atoms with Crippen molar-refractivity contribution in [3.8, 4) is 0 Å². The second-order valence-electron chi connectivity index (χ2n) is 6.55. The van der Waals surface area contributed by atoms with E-state index in [9.17, 15) is 4.79 Å². The minimum atomic E-state index is -0.312. The van der Waals surface area contributed by atoms with Gasteiger partial charge in [0.1, 0.15) is 12.4 Å². The van der Waals surface area contributed by atoms with Crippen LogP contribution in [0.3, 0.4) is 0 Å². The summed E-state index contributed by atoms with van der Waals surface area (Å²) in [6.07, 6.45) is 9.10. The lowest BCUT2D eigenvalue weighted by Gasteiger charge is -2.33. The first-order chi connectivity index (χ1) is 9.59. The second kappa shape index (κ2) is 5.20. The average Bonchev–Trinajstić information content (AvgIpc) is 3.02. The number of fused-ring (bicyclic) bond motifs is 1. The molecule has 2 aliphatic rings. The lowest BCUT2D eigenvalue weighted by Crippen LogP contribution is -2.39. The largest absolute Gasteiger partial charge is 0.444 e. The third kappa shape index (κ3) is 2.46. The topological polar surface area (TPSA) is 47.4 Å². The molecule has 1 aromatic rings. The Morgan fingerprint density at radius 2 is 2.40 bits per heavy atom. The van der Waals surface area contributed by atoms with Crippen LogP contribution >= 0.6 is 0 Å². The maximum absolute atomic E-state index is 12.0. The van der Waals surface area contributed by atoms with E-state index in [1.165, 1.54) is 30.2 Å². The van der Waals surface area contributed by atoms with Crippen LogP contribution in [0.2, 0.25) is 0 Å². The van der Waals surface area contributed by atoms with Crippen molar-refractivity contribution in [2.45, 2.75) is 51.2 Å². The van der Waals surface area contributed by atoms with Crippen LogP contribution in [-0.2, 0) is 4.74 Å². The van der Waals surface area contributed by atoms with Gasteiger partial charge in [0.2, 0.25) is 0 Å². The molecule has 2 saturated heterocycles. The van der Waals surface area contributed by atoms with Crippen LogP contribution in [0.15, 0.2) is 18.7 Å². The molecule has 3 heterocycles. The van der Waals surface area contributed by atoms with Gasteiger partial charge in [-0.3, -0.25) is 4.90 Å². The Morgan fingerprint density at radius 1 is 1.55 bits per heavy atom. The van der Waals surface area contributed by atoms with Crippen molar-refractivity contribution < 1.29 is 9.53 Å². The zero-order chi connectivity index (χ0) is 14.2. The van der Waals surface area contributed by atoms with Gasteiger partial charge in [-0.25, -0.2) is 14.3 Å². The molecular weight excluding hydrogens is 254 g/mol. The fourth-order valence-electron chi connectivity index (χ4n) is 3.97. The van der Waals surface area contributed by atoms with Gasteiger partial charge in [-0.15, -0.1) is 0 Å². The molecule has 0 aliphatic carbocycles. The molecule has 3 rings (SSSR count). The number of carbonyl (C=O) groups excluding carboxylic acids is 1. The van der Waals surface area contributed by atoms with Gasteiger partial charge in [-0.05, 0) is 31.7 Å². The van der Waals surface area contributed by atoms with Crippen LogP contribution in [0.4, 0.5) is 4.79 Å². The molecule has 0 amide bonds. The normalized spacial score (nSPS) is 29.9. The first-order valence-corrected chi connectivity index (χ1v) is 7.53. The molecule has 2 fully saturated rings. The number of nitrogens with zero attached hydrogens (tertiary/aromatic N) is 3. The maximum atomic E-state index is 12.0. The quantitative estimate of drug-likeness (QED) is 0.851. The van der Waals surface area contributed by atoms with Crippen molar-refractivity contribution in [2.24, 2.45) is 5.92 Å². The Balaban J connectivity index is 1.65. The summed E-state index contributed by atoms with van der Waals surface area (Å²) in [5.74, 6) is 0.679. The van der Waals surface area contributed by atoms with Crippen LogP contribution in [0, 0.1) is 5.92 Å². The molecule has 2 aliphatic heterocycles. The maximum Gasteiger partial charge on any atom is 0.419 e. The summed E-state index contributed by atoms with van der Waals surface area (Å²) in [5.41, 5.74) is 0.272. The molecule has 110 valence electrons. The molecule has 0 aromatic carbocycles. The lowest BCUT2D eigenvalue weighted by atomic mass is 9.85. The second-order valence-corrected chi connectivity index (χ2v) is 6.55. The third-order valence-corrected chi connectivity index (χ3v) is 4.54. The highest BCUT2D eigenvalue weighted by Crippen LogP contribution is 2.44. The van der Waals surface area contributed by atoms with E-state index < -0.39 is 0 Å². The molecule has 0 saturated carbocycles. The summed E-state index contributed by atoms with van der Waals surface area (Å²) in [4.78, 5) is 18.4. The molecule has 5 nitrogen and oxygen atoms in total. The predicted molar refractivity (Wildman–Crippen MR) is 75.5 cm³/mol. The average molecular weight is 277 g/mol. The van der Waals surface area contributed by atoms with Crippen molar-refractivity contribution in [3.63, 3.8) is 0 Å². The monoisotopic (exact) mass is 277 g/mol. The highest BCUT2D eigenvalue weighted by atomic mass is 16.6. The van der Waals surface area contributed by atoms with E-state index in [1.54, 1.807) is 12.4 Å². The summed E-state index contributed by atoms with van der Waals surface area (Å²) < 4.78 is 7.04. The first-order valence-electron chi connectivity index (χ1n) is 7.53. The number of imidazole rings is 1. The Morgan fingerprint density at radius 3 is 3.10 bits per heavy atom. The SMILES string of the molecule is CC(C)C[C@@]12CCCN1C[C@H](OC(=O)n1ccnc1)C2. The number of aromatic nitrogens is 2. The van der Waals surface area contributed by atoms with Gasteiger partial charge >= 0.3 is 6.09 Å². The molecule has 0 N–H and O–H groups in total. The van der Waals surface area contributed by atoms with Crippen LogP contribution in [0.25, 0.3) is 0 Å². The summed E-state index contributed by atoms with van der Waals surface area (Å²) >= 11 is 0. The van der Waals surface area contributed by atoms with E-state index in [2.05, 4.69) is 23.7 Å². The Kier molecular flexibility index (Phi) is 3.54. The van der Waals surface area contributed by atoms with Crippen molar-refractivity contribution in [1.29, 1.82) is 0 Å². The number of rotatable bonds is 3. The van der Waals surface area contributed by atoms with Crippen LogP contribution in [-0.4, -0.2) is 45.3 Å². The minimum Gasteiger partial charge on any atom is -0.444 e. The standard InChI is InChI=1S/C15H23N3O2/c1-12(2)8-15-4-3-6-18(15)10-13(9-15)20-14(19)17-7-5-16-11-17/h5,7,11-13H,3-4,6,8-10H2,1-2H3/t13-,15-/m1/s1. The molecule has 0 spiro atoms. The number of carbonyl (C=O) groups is 1. The molecule has 5 heteroatoms.